The van der Waals surface area contributed by atoms with Crippen LogP contribution >= 0.6 is 15.9 Å². The molecule has 0 saturated carbocycles. The molecule has 0 fully saturated rings. The maximum absolute atomic E-state index is 6.01. The van der Waals surface area contributed by atoms with Crippen LogP contribution in [0.3, 0.4) is 0 Å². The van der Waals surface area contributed by atoms with Gasteiger partial charge in [0.2, 0.25) is 0 Å². The van der Waals surface area contributed by atoms with Gasteiger partial charge in [-0.05, 0) is 39.3 Å². The molecule has 0 amide bonds. The molecule has 5 heteroatoms. The molecular formula is C19H41BrO3Si. The van der Waals surface area contributed by atoms with Crippen LogP contribution in [0.15, 0.2) is 0 Å². The highest BCUT2D eigenvalue weighted by atomic mass is 79.9. The smallest absolute Gasteiger partial charge is 0.333 e. The van der Waals surface area contributed by atoms with Crippen molar-refractivity contribution < 1.29 is 13.6 Å². The van der Waals surface area contributed by atoms with Gasteiger partial charge in [-0.2, -0.15) is 0 Å². The van der Waals surface area contributed by atoms with E-state index in [1.165, 1.54) is 57.8 Å². The zero-order chi connectivity index (χ0) is 18.1. The number of halogens is 1. The van der Waals surface area contributed by atoms with Crippen LogP contribution in [-0.4, -0.2) is 33.4 Å². The first kappa shape index (κ1) is 24.6. The lowest BCUT2D eigenvalue weighted by Crippen LogP contribution is -2.39. The second-order valence-corrected chi connectivity index (χ2v) is 11.1. The van der Waals surface area contributed by atoms with Crippen LogP contribution in [0.1, 0.15) is 84.5 Å². The summed E-state index contributed by atoms with van der Waals surface area (Å²) >= 11 is 3.46. The normalized spacial score (nSPS) is 13.4. The summed E-state index contributed by atoms with van der Waals surface area (Å²) in [5.41, 5.74) is 0. The summed E-state index contributed by atoms with van der Waals surface area (Å²) in [6.07, 6.45) is 13.9. The number of alkyl halides is 1. The molecule has 24 heavy (non-hydrogen) atoms. The first-order valence-electron chi connectivity index (χ1n) is 10.0. The molecule has 0 bridgehead atoms. The molecule has 0 aliphatic rings. The molecule has 0 rings (SSSR count). The Hall–Kier alpha value is 0.577. The molecule has 0 heterocycles. The minimum atomic E-state index is -2.06. The molecule has 0 saturated heterocycles. The summed E-state index contributed by atoms with van der Waals surface area (Å²) in [5, 5.41) is 1.10. The van der Waals surface area contributed by atoms with Crippen molar-refractivity contribution in [3.05, 3.63) is 0 Å². The molecule has 0 spiro atoms. The van der Waals surface area contributed by atoms with Gasteiger partial charge in [-0.15, -0.1) is 0 Å². The average molecular weight is 426 g/mol. The van der Waals surface area contributed by atoms with Gasteiger partial charge < -0.3 is 13.6 Å². The highest BCUT2D eigenvalue weighted by Gasteiger charge is 2.27. The van der Waals surface area contributed by atoms with Crippen LogP contribution in [0.25, 0.3) is 0 Å². The average Bonchev–Trinajstić information content (AvgIpc) is 2.53. The minimum Gasteiger partial charge on any atom is -0.394 e. The van der Waals surface area contributed by atoms with Crippen molar-refractivity contribution in [3.8, 4) is 0 Å². The van der Waals surface area contributed by atoms with Crippen molar-refractivity contribution in [3.63, 3.8) is 0 Å². The third kappa shape index (κ3) is 17.4. The zero-order valence-electron chi connectivity index (χ0n) is 16.6. The monoisotopic (exact) mass is 424 g/mol. The van der Waals surface area contributed by atoms with Crippen molar-refractivity contribution in [1.29, 1.82) is 0 Å². The Morgan fingerprint density at radius 1 is 0.792 bits per heavy atom. The fraction of sp³-hybridized carbons (Fsp3) is 1.00. The van der Waals surface area contributed by atoms with Gasteiger partial charge >= 0.3 is 8.56 Å². The lowest BCUT2D eigenvalue weighted by molar-refractivity contribution is -0.0864. The first-order valence-corrected chi connectivity index (χ1v) is 13.9. The fourth-order valence-corrected chi connectivity index (χ4v) is 4.61. The molecule has 0 N–H and O–H groups in total. The Morgan fingerprint density at radius 3 is 1.96 bits per heavy atom. The van der Waals surface area contributed by atoms with E-state index in [-0.39, 0.29) is 6.29 Å². The summed E-state index contributed by atoms with van der Waals surface area (Å²) in [6.45, 7) is 10.1. The van der Waals surface area contributed by atoms with Crippen LogP contribution in [0.2, 0.25) is 13.1 Å². The SMILES string of the molecule is CCCCCCCCCOC(C)O[Si](C)(C)OCCCCCCBr. The summed E-state index contributed by atoms with van der Waals surface area (Å²) < 4.78 is 17.8. The highest BCUT2D eigenvalue weighted by Crippen LogP contribution is 2.13. The molecule has 1 atom stereocenters. The predicted octanol–water partition coefficient (Wildman–Crippen LogP) is 6.79. The van der Waals surface area contributed by atoms with Gasteiger partial charge in [-0.25, -0.2) is 0 Å². The van der Waals surface area contributed by atoms with Crippen LogP contribution in [0, 0.1) is 0 Å². The van der Waals surface area contributed by atoms with Gasteiger partial charge in [0.05, 0.1) is 0 Å². The van der Waals surface area contributed by atoms with Crippen molar-refractivity contribution in [2.75, 3.05) is 18.5 Å². The van der Waals surface area contributed by atoms with Crippen molar-refractivity contribution in [1.82, 2.24) is 0 Å². The van der Waals surface area contributed by atoms with Gasteiger partial charge in [-0.3, -0.25) is 0 Å². The predicted molar refractivity (Wildman–Crippen MR) is 110 cm³/mol. The molecule has 1 unspecified atom stereocenters. The van der Waals surface area contributed by atoms with Crippen LogP contribution in [0.5, 0.6) is 0 Å². The Labute approximate surface area is 160 Å². The van der Waals surface area contributed by atoms with Crippen molar-refractivity contribution >= 4 is 24.5 Å². The topological polar surface area (TPSA) is 27.7 Å². The maximum Gasteiger partial charge on any atom is 0.333 e. The Kier molecular flexibility index (Phi) is 17.4. The van der Waals surface area contributed by atoms with Gasteiger partial charge in [-0.1, -0.05) is 74.2 Å². The summed E-state index contributed by atoms with van der Waals surface area (Å²) in [7, 11) is -2.06. The quantitative estimate of drug-likeness (QED) is 0.105. The van der Waals surface area contributed by atoms with Gasteiger partial charge in [0, 0.05) is 18.5 Å². The molecular weight excluding hydrogens is 384 g/mol. The Balaban J connectivity index is 3.53. The number of hydrogen-bond donors (Lipinski definition) is 0. The van der Waals surface area contributed by atoms with E-state index in [1.807, 2.05) is 6.92 Å². The molecule has 0 aliphatic heterocycles. The first-order chi connectivity index (χ1) is 11.5. The van der Waals surface area contributed by atoms with E-state index in [2.05, 4.69) is 35.9 Å². The summed E-state index contributed by atoms with van der Waals surface area (Å²) in [4.78, 5) is 0. The molecule has 0 aromatic heterocycles. The fourth-order valence-electron chi connectivity index (χ4n) is 2.64. The number of rotatable bonds is 18. The largest absolute Gasteiger partial charge is 0.394 e. The Morgan fingerprint density at radius 2 is 1.33 bits per heavy atom. The lowest BCUT2D eigenvalue weighted by atomic mass is 10.1. The second kappa shape index (κ2) is 17.0. The van der Waals surface area contributed by atoms with Gasteiger partial charge in [0.1, 0.15) is 6.29 Å². The zero-order valence-corrected chi connectivity index (χ0v) is 19.2. The summed E-state index contributed by atoms with van der Waals surface area (Å²) in [5.74, 6) is 0. The molecule has 0 aromatic rings. The van der Waals surface area contributed by atoms with Crippen molar-refractivity contribution in [2.24, 2.45) is 0 Å². The van der Waals surface area contributed by atoms with Crippen molar-refractivity contribution in [2.45, 2.75) is 104 Å². The lowest BCUT2D eigenvalue weighted by Gasteiger charge is -2.27. The van der Waals surface area contributed by atoms with E-state index in [1.54, 1.807) is 0 Å². The van der Waals surface area contributed by atoms with Gasteiger partial charge in [0.25, 0.3) is 0 Å². The van der Waals surface area contributed by atoms with E-state index in [0.29, 0.717) is 0 Å². The minimum absolute atomic E-state index is 0.153. The van der Waals surface area contributed by atoms with Crippen LogP contribution in [0.4, 0.5) is 0 Å². The van der Waals surface area contributed by atoms with Crippen LogP contribution in [-0.2, 0) is 13.6 Å². The summed E-state index contributed by atoms with van der Waals surface area (Å²) in [6, 6.07) is 0. The maximum atomic E-state index is 6.01. The van der Waals surface area contributed by atoms with E-state index in [0.717, 1.165) is 31.4 Å². The Bertz CT molecular complexity index is 265. The van der Waals surface area contributed by atoms with Crippen LogP contribution < -0.4 is 0 Å². The van der Waals surface area contributed by atoms with E-state index >= 15 is 0 Å². The molecule has 3 nitrogen and oxygen atoms in total. The third-order valence-electron chi connectivity index (χ3n) is 4.03. The molecule has 0 aromatic carbocycles. The number of unbranched alkanes of at least 4 members (excludes halogenated alkanes) is 9. The highest BCUT2D eigenvalue weighted by molar-refractivity contribution is 9.09. The number of ether oxygens (including phenoxy) is 1. The standard InChI is InChI=1S/C19H41BrO3Si/c1-5-6-7-8-9-11-14-17-21-19(2)23-24(3,4)22-18-15-12-10-13-16-20/h19H,5-18H2,1-4H3. The van der Waals surface area contributed by atoms with E-state index < -0.39 is 8.56 Å². The molecule has 0 radical (unpaired) electrons. The number of hydrogen-bond acceptors (Lipinski definition) is 3. The van der Waals surface area contributed by atoms with E-state index in [9.17, 15) is 0 Å². The molecule has 0 aliphatic carbocycles. The third-order valence-corrected chi connectivity index (χ3v) is 6.39. The van der Waals surface area contributed by atoms with Gasteiger partial charge in [0.15, 0.2) is 0 Å². The second-order valence-electron chi connectivity index (χ2n) is 7.03. The van der Waals surface area contributed by atoms with E-state index in [4.69, 9.17) is 13.6 Å². The molecule has 146 valence electrons.